The number of nitrogens with zero attached hydrogens (tertiary/aromatic N) is 2. The Hall–Kier alpha value is -1.62. The highest BCUT2D eigenvalue weighted by molar-refractivity contribution is 6.30. The molecule has 0 unspecified atom stereocenters. The Morgan fingerprint density at radius 3 is 2.04 bits per heavy atom. The molecule has 2 aliphatic heterocycles. The second kappa shape index (κ2) is 9.25. The van der Waals surface area contributed by atoms with Crippen LogP contribution in [0.1, 0.15) is 60.7 Å². The predicted molar refractivity (Wildman–Crippen MR) is 112 cm³/mol. The first kappa shape index (κ1) is 19.7. The van der Waals surface area contributed by atoms with E-state index in [-0.39, 0.29) is 17.9 Å². The number of carbonyl (C=O) groups excluding carboxylic acids is 1. The number of hydrogen-bond donors (Lipinski definition) is 0. The number of furan rings is 1. The molecule has 0 saturated carbocycles. The highest BCUT2D eigenvalue weighted by atomic mass is 35.5. The number of halogens is 1. The zero-order chi connectivity index (χ0) is 19.3. The van der Waals surface area contributed by atoms with Crippen molar-refractivity contribution in [3.63, 3.8) is 0 Å². The van der Waals surface area contributed by atoms with Gasteiger partial charge in [0, 0.05) is 5.02 Å². The van der Waals surface area contributed by atoms with Crippen LogP contribution in [0.15, 0.2) is 47.1 Å². The molecular weight excluding hydrogens is 372 g/mol. The average Bonchev–Trinajstić information content (AvgIpc) is 3.29. The fourth-order valence-corrected chi connectivity index (χ4v) is 4.85. The summed E-state index contributed by atoms with van der Waals surface area (Å²) >= 11 is 6.17. The van der Waals surface area contributed by atoms with E-state index in [0.717, 1.165) is 44.0 Å². The Kier molecular flexibility index (Phi) is 6.50. The quantitative estimate of drug-likeness (QED) is 0.624. The Morgan fingerprint density at radius 2 is 1.46 bits per heavy atom. The van der Waals surface area contributed by atoms with Crippen LogP contribution in [0.3, 0.4) is 0 Å². The van der Waals surface area contributed by atoms with Crippen LogP contribution in [0.5, 0.6) is 0 Å². The largest absolute Gasteiger partial charge is 0.461 e. The van der Waals surface area contributed by atoms with E-state index in [2.05, 4.69) is 21.9 Å². The van der Waals surface area contributed by atoms with Crippen LogP contribution in [-0.2, 0) is 0 Å². The van der Waals surface area contributed by atoms with Crippen molar-refractivity contribution in [1.29, 1.82) is 0 Å². The maximum atomic E-state index is 13.6. The fraction of sp³-hybridized carbons (Fsp3) is 0.522. The maximum Gasteiger partial charge on any atom is 0.216 e. The lowest BCUT2D eigenvalue weighted by Gasteiger charge is -2.44. The summed E-state index contributed by atoms with van der Waals surface area (Å²) in [5.41, 5.74) is 1.17. The Labute approximate surface area is 172 Å². The third kappa shape index (κ3) is 4.35. The molecule has 0 amide bonds. The summed E-state index contributed by atoms with van der Waals surface area (Å²) in [6.45, 7) is 4.00. The lowest BCUT2D eigenvalue weighted by molar-refractivity contribution is 0.0405. The van der Waals surface area contributed by atoms with Crippen LogP contribution in [-0.4, -0.2) is 47.8 Å². The Balaban J connectivity index is 1.74. The van der Waals surface area contributed by atoms with Gasteiger partial charge in [-0.05, 0) is 81.7 Å². The van der Waals surface area contributed by atoms with Crippen molar-refractivity contribution < 1.29 is 9.21 Å². The topological polar surface area (TPSA) is 36.7 Å². The standard InChI is InChI=1S/C23H29ClN2O2/c24-19-11-9-18(10-12-19)21(25-13-3-1-4-14-25)22(26-15-5-2-6-16-26)23(27)20-8-7-17-28-20/h7-12,17,21-22H,1-6,13-16H2/t21-,22-/m1/s1. The van der Waals surface area contributed by atoms with Gasteiger partial charge in [-0.15, -0.1) is 0 Å². The summed E-state index contributed by atoms with van der Waals surface area (Å²) in [5.74, 6) is 0.559. The van der Waals surface area contributed by atoms with E-state index < -0.39 is 0 Å². The third-order valence-corrected chi connectivity index (χ3v) is 6.36. The Morgan fingerprint density at radius 1 is 0.857 bits per heavy atom. The molecule has 0 bridgehead atoms. The minimum atomic E-state index is -0.231. The molecule has 28 heavy (non-hydrogen) atoms. The summed E-state index contributed by atoms with van der Waals surface area (Å²) in [6, 6.07) is 11.5. The molecule has 4 rings (SSSR count). The van der Waals surface area contributed by atoms with Crippen molar-refractivity contribution in [2.75, 3.05) is 26.2 Å². The monoisotopic (exact) mass is 400 g/mol. The zero-order valence-electron chi connectivity index (χ0n) is 16.4. The van der Waals surface area contributed by atoms with Gasteiger partial charge in [-0.25, -0.2) is 0 Å². The number of carbonyl (C=O) groups is 1. The molecule has 2 aromatic rings. The molecule has 1 aromatic heterocycles. The van der Waals surface area contributed by atoms with Gasteiger partial charge in [-0.2, -0.15) is 0 Å². The molecule has 2 aliphatic rings. The van der Waals surface area contributed by atoms with Gasteiger partial charge in [-0.1, -0.05) is 36.6 Å². The molecular formula is C23H29ClN2O2. The Bertz CT molecular complexity index is 747. The summed E-state index contributed by atoms with van der Waals surface area (Å²) < 4.78 is 5.54. The van der Waals surface area contributed by atoms with Crippen LogP contribution in [0.4, 0.5) is 0 Å². The molecule has 1 aromatic carbocycles. The molecule has 0 radical (unpaired) electrons. The van der Waals surface area contributed by atoms with Crippen LogP contribution >= 0.6 is 11.6 Å². The highest BCUT2D eigenvalue weighted by Crippen LogP contribution is 2.34. The first-order valence-electron chi connectivity index (χ1n) is 10.6. The second-order valence-electron chi connectivity index (χ2n) is 7.98. The SMILES string of the molecule is O=C(c1ccco1)[C@@H]([C@@H](c1ccc(Cl)cc1)N1CCCCC1)N1CCCCC1. The lowest BCUT2D eigenvalue weighted by Crippen LogP contribution is -2.53. The van der Waals surface area contributed by atoms with E-state index in [0.29, 0.717) is 5.76 Å². The van der Waals surface area contributed by atoms with Gasteiger partial charge in [0.05, 0.1) is 18.3 Å². The van der Waals surface area contributed by atoms with E-state index >= 15 is 0 Å². The number of piperidine rings is 2. The smallest absolute Gasteiger partial charge is 0.216 e. The minimum absolute atomic E-state index is 0.0215. The fourth-order valence-electron chi connectivity index (χ4n) is 4.72. The van der Waals surface area contributed by atoms with Gasteiger partial charge in [-0.3, -0.25) is 14.6 Å². The molecule has 3 heterocycles. The van der Waals surface area contributed by atoms with E-state index in [9.17, 15) is 4.79 Å². The van der Waals surface area contributed by atoms with Crippen LogP contribution in [0.25, 0.3) is 0 Å². The minimum Gasteiger partial charge on any atom is -0.461 e. The number of ketones is 1. The number of hydrogen-bond acceptors (Lipinski definition) is 4. The van der Waals surface area contributed by atoms with E-state index in [1.54, 1.807) is 18.4 Å². The zero-order valence-corrected chi connectivity index (χ0v) is 17.1. The summed E-state index contributed by atoms with van der Waals surface area (Å²) in [5, 5.41) is 0.730. The van der Waals surface area contributed by atoms with Crippen molar-refractivity contribution in [2.24, 2.45) is 0 Å². The van der Waals surface area contributed by atoms with Crippen LogP contribution in [0, 0.1) is 0 Å². The first-order valence-corrected chi connectivity index (χ1v) is 10.9. The van der Waals surface area contributed by atoms with Crippen molar-refractivity contribution in [2.45, 2.75) is 50.6 Å². The highest BCUT2D eigenvalue weighted by Gasteiger charge is 2.40. The first-order chi connectivity index (χ1) is 13.7. The summed E-state index contributed by atoms with van der Waals surface area (Å²) in [6.07, 6.45) is 8.78. The number of benzene rings is 1. The number of Topliss-reactive ketones (excluding diaryl/α,β-unsaturated/α-hetero) is 1. The molecule has 4 nitrogen and oxygen atoms in total. The van der Waals surface area contributed by atoms with Gasteiger partial charge < -0.3 is 4.42 Å². The molecule has 0 spiro atoms. The lowest BCUT2D eigenvalue weighted by atomic mass is 9.89. The van der Waals surface area contributed by atoms with Crippen molar-refractivity contribution in [1.82, 2.24) is 9.80 Å². The van der Waals surface area contributed by atoms with Crippen LogP contribution in [0.2, 0.25) is 5.02 Å². The predicted octanol–water partition coefficient (Wildman–Crippen LogP) is 5.20. The summed E-state index contributed by atoms with van der Waals surface area (Å²) in [4.78, 5) is 18.5. The molecule has 0 N–H and O–H groups in total. The summed E-state index contributed by atoms with van der Waals surface area (Å²) in [7, 11) is 0. The third-order valence-electron chi connectivity index (χ3n) is 6.11. The average molecular weight is 401 g/mol. The molecule has 150 valence electrons. The van der Waals surface area contributed by atoms with Gasteiger partial charge in [0.1, 0.15) is 0 Å². The van der Waals surface area contributed by atoms with Gasteiger partial charge in [0.25, 0.3) is 0 Å². The van der Waals surface area contributed by atoms with Crippen molar-refractivity contribution >= 4 is 17.4 Å². The van der Waals surface area contributed by atoms with Gasteiger partial charge in [0.15, 0.2) is 5.76 Å². The van der Waals surface area contributed by atoms with E-state index in [1.807, 2.05) is 12.1 Å². The normalized spacial score (nSPS) is 21.3. The van der Waals surface area contributed by atoms with E-state index in [4.69, 9.17) is 16.0 Å². The van der Waals surface area contributed by atoms with Gasteiger partial charge in [0.2, 0.25) is 5.78 Å². The maximum absolute atomic E-state index is 13.6. The van der Waals surface area contributed by atoms with Crippen molar-refractivity contribution in [3.05, 3.63) is 59.0 Å². The molecule has 2 fully saturated rings. The van der Waals surface area contributed by atoms with Gasteiger partial charge >= 0.3 is 0 Å². The number of likely N-dealkylation sites (tertiary alicyclic amines) is 2. The molecule has 0 aliphatic carbocycles. The van der Waals surface area contributed by atoms with E-state index in [1.165, 1.54) is 31.2 Å². The van der Waals surface area contributed by atoms with Crippen molar-refractivity contribution in [3.8, 4) is 0 Å². The number of rotatable bonds is 6. The molecule has 2 saturated heterocycles. The van der Waals surface area contributed by atoms with Crippen LogP contribution < -0.4 is 0 Å². The molecule has 2 atom stereocenters. The second-order valence-corrected chi connectivity index (χ2v) is 8.41. The molecule has 5 heteroatoms.